The molecule has 0 aromatic heterocycles. The topological polar surface area (TPSA) is 37.3 Å². The zero-order chi connectivity index (χ0) is 14.8. The Morgan fingerprint density at radius 1 is 1.21 bits per heavy atom. The van der Waals surface area contributed by atoms with Gasteiger partial charge in [-0.05, 0) is 0 Å². The molecule has 1 N–H and O–H groups in total. The van der Waals surface area contributed by atoms with Crippen molar-refractivity contribution in [2.45, 2.75) is 46.9 Å². The summed E-state index contributed by atoms with van der Waals surface area (Å²) >= 11 is -2.12. The zero-order valence-corrected chi connectivity index (χ0v) is 16.9. The van der Waals surface area contributed by atoms with Gasteiger partial charge in [-0.15, -0.1) is 0 Å². The molecule has 0 spiro atoms. The first-order valence-electron chi connectivity index (χ1n) is 6.87. The molecule has 1 aromatic carbocycles. The van der Waals surface area contributed by atoms with Gasteiger partial charge in [-0.3, -0.25) is 0 Å². The second-order valence-corrected chi connectivity index (χ2v) is 27.6. The van der Waals surface area contributed by atoms with Crippen LogP contribution in [0, 0.1) is 0 Å². The van der Waals surface area contributed by atoms with Crippen LogP contribution in [0.5, 0.6) is 0 Å². The quantitative estimate of drug-likeness (QED) is 0.783. The molecule has 0 saturated heterocycles. The van der Waals surface area contributed by atoms with E-state index in [-0.39, 0.29) is 0 Å². The molecule has 0 aliphatic heterocycles. The summed E-state index contributed by atoms with van der Waals surface area (Å²) in [6.45, 7) is 7.00. The summed E-state index contributed by atoms with van der Waals surface area (Å²) in [5.74, 6) is -0.791. The van der Waals surface area contributed by atoms with Crippen molar-refractivity contribution in [3.63, 3.8) is 0 Å². The van der Waals surface area contributed by atoms with Gasteiger partial charge >= 0.3 is 122 Å². The number of carboxylic acid groups (broad SMARTS) is 1. The Balaban J connectivity index is 3.13. The van der Waals surface area contributed by atoms with Gasteiger partial charge in [0.1, 0.15) is 0 Å². The molecule has 4 heteroatoms. The molecule has 0 unspecified atom stereocenters. The second kappa shape index (κ2) is 6.00. The number of aromatic carboxylic acids is 1. The Morgan fingerprint density at radius 2 is 1.79 bits per heavy atom. The van der Waals surface area contributed by atoms with Gasteiger partial charge in [0, 0.05) is 0 Å². The second-order valence-electron chi connectivity index (χ2n) is 7.49. The number of aryl methyl sites for hydroxylation is 1. The van der Waals surface area contributed by atoms with E-state index in [2.05, 4.69) is 40.5 Å². The van der Waals surface area contributed by atoms with Crippen molar-refractivity contribution in [2.75, 3.05) is 0 Å². The average molecular weight is 385 g/mol. The first-order valence-corrected chi connectivity index (χ1v) is 20.6. The van der Waals surface area contributed by atoms with Crippen molar-refractivity contribution in [1.82, 2.24) is 0 Å². The fourth-order valence-electron chi connectivity index (χ4n) is 1.99. The van der Waals surface area contributed by atoms with Crippen LogP contribution in [-0.4, -0.2) is 37.5 Å². The molecule has 2 nitrogen and oxygen atoms in total. The number of hydrogen-bond acceptors (Lipinski definition) is 1. The minimum atomic E-state index is -2.12. The molecular weight excluding hydrogens is 359 g/mol. The first-order chi connectivity index (χ1) is 8.50. The van der Waals surface area contributed by atoms with Gasteiger partial charge in [-0.25, -0.2) is 0 Å². The Kier molecular flexibility index (Phi) is 5.29. The third-order valence-electron chi connectivity index (χ3n) is 3.35. The Labute approximate surface area is 122 Å². The van der Waals surface area contributed by atoms with E-state index in [0.717, 1.165) is 18.0 Å². The molecule has 0 atom stereocenters. The van der Waals surface area contributed by atoms with Crippen LogP contribution in [0.2, 0.25) is 40.5 Å². The normalized spacial score (nSPS) is 12.5. The van der Waals surface area contributed by atoms with Gasteiger partial charge in [-0.1, -0.05) is 0 Å². The molecule has 0 aliphatic carbocycles. The van der Waals surface area contributed by atoms with E-state index in [0.29, 0.717) is 5.56 Å². The SMILES string of the molecule is C[Si](C)(C)CCc1c[c]([Sn]([CH3])([CH3])[CH3])ccc1C(=O)O. The molecule has 1 rings (SSSR count). The van der Waals surface area contributed by atoms with Crippen molar-refractivity contribution in [3.8, 4) is 0 Å². The van der Waals surface area contributed by atoms with E-state index in [9.17, 15) is 9.90 Å². The van der Waals surface area contributed by atoms with Crippen LogP contribution in [0.25, 0.3) is 0 Å². The molecule has 0 aliphatic rings. The van der Waals surface area contributed by atoms with Crippen LogP contribution >= 0.6 is 0 Å². The van der Waals surface area contributed by atoms with E-state index in [4.69, 9.17) is 0 Å². The average Bonchev–Trinajstić information content (AvgIpc) is 2.23. The molecular formula is C15H26O2SiSn. The summed E-state index contributed by atoms with van der Waals surface area (Å²) in [6, 6.07) is 7.19. The molecule has 19 heavy (non-hydrogen) atoms. The predicted octanol–water partition coefficient (Wildman–Crippen LogP) is 3.81. The van der Waals surface area contributed by atoms with Gasteiger partial charge in [0.2, 0.25) is 0 Å². The van der Waals surface area contributed by atoms with E-state index >= 15 is 0 Å². The van der Waals surface area contributed by atoms with Crippen molar-refractivity contribution in [3.05, 3.63) is 29.3 Å². The van der Waals surface area contributed by atoms with Crippen molar-refractivity contribution < 1.29 is 9.90 Å². The summed E-state index contributed by atoms with van der Waals surface area (Å²) in [4.78, 5) is 18.4. The predicted molar refractivity (Wildman–Crippen MR) is 88.2 cm³/mol. The summed E-state index contributed by atoms with van der Waals surface area (Å²) in [6.07, 6.45) is 0.910. The van der Waals surface area contributed by atoms with Crippen molar-refractivity contribution >= 4 is 36.0 Å². The van der Waals surface area contributed by atoms with E-state index in [1.807, 2.05) is 12.1 Å². The maximum atomic E-state index is 11.3. The maximum absolute atomic E-state index is 11.3. The van der Waals surface area contributed by atoms with Crippen LogP contribution < -0.4 is 3.58 Å². The zero-order valence-electron chi connectivity index (χ0n) is 13.0. The standard InChI is InChI=1S/C12H17O2Si.3CH3.Sn/c1-15(2,3)9-8-10-6-4-5-7-11(10)12(13)14;;;;/h5-7H,8-9H2,1-3H3,(H,13,14);3*1H3;. The fraction of sp³-hybridized carbons (Fsp3) is 0.533. The van der Waals surface area contributed by atoms with Crippen LogP contribution in [0.15, 0.2) is 18.2 Å². The number of benzene rings is 1. The summed E-state index contributed by atoms with van der Waals surface area (Å²) in [5, 5.41) is 9.32. The Morgan fingerprint density at radius 3 is 2.21 bits per heavy atom. The van der Waals surface area contributed by atoms with Crippen molar-refractivity contribution in [1.29, 1.82) is 0 Å². The van der Waals surface area contributed by atoms with Crippen LogP contribution in [0.4, 0.5) is 0 Å². The fourth-order valence-corrected chi connectivity index (χ4v) is 6.40. The van der Waals surface area contributed by atoms with Gasteiger partial charge in [0.25, 0.3) is 0 Å². The first kappa shape index (κ1) is 16.8. The van der Waals surface area contributed by atoms with Gasteiger partial charge in [0.05, 0.1) is 0 Å². The van der Waals surface area contributed by atoms with E-state index in [1.54, 1.807) is 0 Å². The van der Waals surface area contributed by atoms with Gasteiger partial charge in [0.15, 0.2) is 0 Å². The number of carbonyl (C=O) groups is 1. The van der Waals surface area contributed by atoms with Crippen LogP contribution in [0.3, 0.4) is 0 Å². The summed E-state index contributed by atoms with van der Waals surface area (Å²) in [5.41, 5.74) is 1.54. The molecule has 106 valence electrons. The number of rotatable bonds is 5. The third kappa shape index (κ3) is 5.30. The van der Waals surface area contributed by atoms with Gasteiger partial charge < -0.3 is 0 Å². The molecule has 0 heterocycles. The van der Waals surface area contributed by atoms with Crippen LogP contribution in [0.1, 0.15) is 15.9 Å². The number of carboxylic acids is 1. The monoisotopic (exact) mass is 386 g/mol. The minimum absolute atomic E-state index is 0.498. The summed E-state index contributed by atoms with van der Waals surface area (Å²) < 4.78 is 1.42. The molecule has 1 aromatic rings. The molecule has 0 amide bonds. The Bertz CT molecular complexity index is 470. The number of hydrogen-bond donors (Lipinski definition) is 1. The van der Waals surface area contributed by atoms with Gasteiger partial charge in [-0.2, -0.15) is 0 Å². The van der Waals surface area contributed by atoms with E-state index in [1.165, 1.54) is 3.58 Å². The van der Waals surface area contributed by atoms with Crippen molar-refractivity contribution in [2.24, 2.45) is 0 Å². The summed E-state index contributed by atoms with van der Waals surface area (Å²) in [7, 11) is -1.14. The van der Waals surface area contributed by atoms with Crippen LogP contribution in [-0.2, 0) is 6.42 Å². The Hall–Kier alpha value is -0.294. The van der Waals surface area contributed by atoms with E-state index < -0.39 is 32.4 Å². The molecule has 0 bridgehead atoms. The molecule has 0 radical (unpaired) electrons. The third-order valence-corrected chi connectivity index (χ3v) is 10.9. The molecule has 0 saturated carbocycles. The molecule has 0 fully saturated rings.